The molecule has 0 amide bonds. The van der Waals surface area contributed by atoms with Crippen LogP contribution in [0.3, 0.4) is 0 Å². The number of hydrogen-bond acceptors (Lipinski definition) is 6. The van der Waals surface area contributed by atoms with Gasteiger partial charge in [0.05, 0.1) is 0 Å². The maximum absolute atomic E-state index is 14.3. The van der Waals surface area contributed by atoms with Gasteiger partial charge in [0.25, 0.3) is 0 Å². The SMILES string of the molecule is C=C[C@]12O[C@@H](n3ccc(N)nc3=O)C(F)(F)[C@@]1(O)C2O. The summed E-state index contributed by atoms with van der Waals surface area (Å²) in [5.41, 5.74) is -0.586. The standard InChI is InChI=1S/C11H11F2N3O4/c1-2-9-6(17)10(9,19)11(12,13)7(20-9)16-4-3-5(14)15-8(16)18/h2-4,6-7,17,19H,1H2,(H2,14,15,18)/t6?,7-,9-,10-/m1/s1. The fraction of sp³-hybridized carbons (Fsp3) is 0.455. The summed E-state index contributed by atoms with van der Waals surface area (Å²) in [5.74, 6) is -4.03. The minimum absolute atomic E-state index is 0.130. The zero-order chi connectivity index (χ0) is 14.9. The van der Waals surface area contributed by atoms with Crippen molar-refractivity contribution in [3.05, 3.63) is 35.4 Å². The molecule has 2 heterocycles. The second-order valence-electron chi connectivity index (χ2n) is 4.80. The molecule has 20 heavy (non-hydrogen) atoms. The molecule has 1 saturated heterocycles. The second-order valence-corrected chi connectivity index (χ2v) is 4.80. The Kier molecular flexibility index (Phi) is 2.25. The zero-order valence-corrected chi connectivity index (χ0v) is 10.0. The third-order valence-electron chi connectivity index (χ3n) is 3.85. The highest BCUT2D eigenvalue weighted by atomic mass is 19.3. The van der Waals surface area contributed by atoms with Crippen LogP contribution in [0.25, 0.3) is 0 Å². The predicted molar refractivity (Wildman–Crippen MR) is 61.9 cm³/mol. The Morgan fingerprint density at radius 1 is 1.60 bits per heavy atom. The van der Waals surface area contributed by atoms with E-state index in [0.29, 0.717) is 4.57 Å². The number of fused-ring (bicyclic) bond motifs is 1. The fourth-order valence-corrected chi connectivity index (χ4v) is 2.63. The molecule has 1 aliphatic carbocycles. The lowest BCUT2D eigenvalue weighted by Gasteiger charge is -2.26. The Balaban J connectivity index is 2.10. The number of rotatable bonds is 2. The second kappa shape index (κ2) is 3.43. The summed E-state index contributed by atoms with van der Waals surface area (Å²) in [6.45, 7) is 3.28. The topological polar surface area (TPSA) is 111 Å². The maximum Gasteiger partial charge on any atom is 0.351 e. The van der Waals surface area contributed by atoms with Crippen LogP contribution in [0, 0.1) is 0 Å². The lowest BCUT2D eigenvalue weighted by atomic mass is 10.1. The van der Waals surface area contributed by atoms with Crippen LogP contribution in [0.2, 0.25) is 0 Å². The van der Waals surface area contributed by atoms with Gasteiger partial charge < -0.3 is 20.7 Å². The van der Waals surface area contributed by atoms with Gasteiger partial charge in [0.1, 0.15) is 11.9 Å². The van der Waals surface area contributed by atoms with Crippen LogP contribution in [0.4, 0.5) is 14.6 Å². The van der Waals surface area contributed by atoms with Crippen LogP contribution >= 0.6 is 0 Å². The maximum atomic E-state index is 14.3. The minimum atomic E-state index is -3.90. The summed E-state index contributed by atoms with van der Waals surface area (Å²) in [7, 11) is 0. The summed E-state index contributed by atoms with van der Waals surface area (Å²) in [6, 6.07) is 1.14. The van der Waals surface area contributed by atoms with Gasteiger partial charge in [-0.2, -0.15) is 13.8 Å². The van der Waals surface area contributed by atoms with E-state index in [4.69, 9.17) is 10.5 Å². The molecule has 3 rings (SSSR count). The lowest BCUT2D eigenvalue weighted by molar-refractivity contribution is -0.199. The molecule has 4 N–H and O–H groups in total. The highest BCUT2D eigenvalue weighted by Gasteiger charge is 2.94. The van der Waals surface area contributed by atoms with E-state index in [1.54, 1.807) is 0 Å². The molecule has 0 aromatic carbocycles. The number of anilines is 1. The van der Waals surface area contributed by atoms with Crippen molar-refractivity contribution in [1.82, 2.24) is 9.55 Å². The number of nitrogen functional groups attached to an aromatic ring is 1. The number of nitrogens with two attached hydrogens (primary N) is 1. The first-order chi connectivity index (χ1) is 9.22. The first kappa shape index (κ1) is 13.2. The van der Waals surface area contributed by atoms with E-state index in [1.807, 2.05) is 0 Å². The fourth-order valence-electron chi connectivity index (χ4n) is 2.63. The Labute approximate surface area is 110 Å². The number of alkyl halides is 2. The average molecular weight is 287 g/mol. The molecule has 0 radical (unpaired) electrons. The highest BCUT2D eigenvalue weighted by molar-refractivity contribution is 5.43. The lowest BCUT2D eigenvalue weighted by Crippen LogP contribution is -2.46. The van der Waals surface area contributed by atoms with E-state index in [2.05, 4.69) is 11.6 Å². The van der Waals surface area contributed by atoms with Crippen molar-refractivity contribution in [1.29, 1.82) is 0 Å². The first-order valence-corrected chi connectivity index (χ1v) is 5.66. The molecule has 7 nitrogen and oxygen atoms in total. The average Bonchev–Trinajstić information content (AvgIpc) is 2.78. The summed E-state index contributed by atoms with van der Waals surface area (Å²) >= 11 is 0. The number of halogens is 2. The molecule has 1 unspecified atom stereocenters. The molecular formula is C11H11F2N3O4. The Hall–Kier alpha value is -1.84. The molecule has 108 valence electrons. The van der Waals surface area contributed by atoms with Gasteiger partial charge >= 0.3 is 11.6 Å². The van der Waals surface area contributed by atoms with Crippen molar-refractivity contribution in [2.24, 2.45) is 0 Å². The van der Waals surface area contributed by atoms with Crippen LogP contribution in [-0.2, 0) is 4.74 Å². The largest absolute Gasteiger partial charge is 0.386 e. The van der Waals surface area contributed by atoms with E-state index in [0.717, 1.165) is 18.3 Å². The van der Waals surface area contributed by atoms with E-state index in [1.165, 1.54) is 0 Å². The molecule has 1 aromatic rings. The van der Waals surface area contributed by atoms with Crippen LogP contribution in [0.15, 0.2) is 29.7 Å². The zero-order valence-electron chi connectivity index (χ0n) is 10.0. The Bertz CT molecular complexity index is 663. The number of aromatic nitrogens is 2. The number of ether oxygens (including phenoxy) is 1. The molecule has 0 bridgehead atoms. The molecule has 2 fully saturated rings. The molecule has 2 aliphatic rings. The molecular weight excluding hydrogens is 276 g/mol. The van der Waals surface area contributed by atoms with Crippen LogP contribution in [0.1, 0.15) is 6.23 Å². The van der Waals surface area contributed by atoms with Crippen molar-refractivity contribution in [2.45, 2.75) is 29.5 Å². The van der Waals surface area contributed by atoms with Gasteiger partial charge in [-0.1, -0.05) is 6.08 Å². The van der Waals surface area contributed by atoms with Gasteiger partial charge in [-0.15, -0.1) is 6.58 Å². The van der Waals surface area contributed by atoms with Gasteiger partial charge in [0.15, 0.2) is 11.2 Å². The number of aliphatic hydroxyl groups excluding tert-OH is 1. The number of nitrogens with zero attached hydrogens (tertiary/aromatic N) is 2. The van der Waals surface area contributed by atoms with E-state index < -0.39 is 35.1 Å². The Morgan fingerprint density at radius 2 is 2.25 bits per heavy atom. The summed E-state index contributed by atoms with van der Waals surface area (Å²) in [6.07, 6.45) is -2.02. The smallest absolute Gasteiger partial charge is 0.351 e. The van der Waals surface area contributed by atoms with Gasteiger partial charge in [-0.05, 0) is 6.07 Å². The summed E-state index contributed by atoms with van der Waals surface area (Å²) in [4.78, 5) is 14.9. The molecule has 1 saturated carbocycles. The Morgan fingerprint density at radius 3 is 2.75 bits per heavy atom. The van der Waals surface area contributed by atoms with Crippen molar-refractivity contribution in [3.63, 3.8) is 0 Å². The molecule has 4 atom stereocenters. The molecule has 1 aromatic heterocycles. The van der Waals surface area contributed by atoms with Gasteiger partial charge in [-0.25, -0.2) is 4.79 Å². The van der Waals surface area contributed by atoms with Gasteiger partial charge in [-0.3, -0.25) is 4.57 Å². The first-order valence-electron chi connectivity index (χ1n) is 5.66. The normalized spacial score (nSPS) is 41.2. The third kappa shape index (κ3) is 1.14. The van der Waals surface area contributed by atoms with E-state index in [-0.39, 0.29) is 5.82 Å². The molecule has 0 spiro atoms. The quantitative estimate of drug-likeness (QED) is 0.603. The monoisotopic (exact) mass is 287 g/mol. The van der Waals surface area contributed by atoms with Crippen molar-refractivity contribution >= 4 is 5.82 Å². The number of hydrogen-bond donors (Lipinski definition) is 3. The number of aliphatic hydroxyl groups is 2. The minimum Gasteiger partial charge on any atom is -0.386 e. The van der Waals surface area contributed by atoms with Crippen molar-refractivity contribution < 1.29 is 23.7 Å². The summed E-state index contributed by atoms with van der Waals surface area (Å²) in [5, 5.41) is 19.5. The van der Waals surface area contributed by atoms with Crippen LogP contribution in [0.5, 0.6) is 0 Å². The summed E-state index contributed by atoms with van der Waals surface area (Å²) < 4.78 is 34.1. The van der Waals surface area contributed by atoms with Gasteiger partial charge in [0.2, 0.25) is 6.23 Å². The van der Waals surface area contributed by atoms with E-state index in [9.17, 15) is 23.8 Å². The van der Waals surface area contributed by atoms with Gasteiger partial charge in [0, 0.05) is 6.20 Å². The predicted octanol–water partition coefficient (Wildman–Crippen LogP) is -0.980. The van der Waals surface area contributed by atoms with Crippen molar-refractivity contribution in [3.8, 4) is 0 Å². The third-order valence-corrected chi connectivity index (χ3v) is 3.85. The van der Waals surface area contributed by atoms with Crippen LogP contribution in [-0.4, -0.2) is 43.0 Å². The molecule has 9 heteroatoms. The molecule has 1 aliphatic heterocycles. The van der Waals surface area contributed by atoms with Crippen LogP contribution < -0.4 is 11.4 Å². The van der Waals surface area contributed by atoms with E-state index >= 15 is 0 Å². The van der Waals surface area contributed by atoms with Crippen molar-refractivity contribution in [2.75, 3.05) is 5.73 Å². The highest BCUT2D eigenvalue weighted by Crippen LogP contribution is 2.69.